The number of benzene rings is 1. The van der Waals surface area contributed by atoms with Crippen LogP contribution in [0.1, 0.15) is 23.9 Å². The summed E-state index contributed by atoms with van der Waals surface area (Å²) in [6, 6.07) is 6.61. The molecule has 1 aromatic heterocycles. The summed E-state index contributed by atoms with van der Waals surface area (Å²) in [6.45, 7) is 0.292. The summed E-state index contributed by atoms with van der Waals surface area (Å²) in [6.07, 6.45) is 0. The van der Waals surface area contributed by atoms with Crippen molar-refractivity contribution in [3.8, 4) is 5.75 Å². The first-order valence-corrected chi connectivity index (χ1v) is 7.41. The van der Waals surface area contributed by atoms with Gasteiger partial charge in [0, 0.05) is 6.07 Å². The van der Waals surface area contributed by atoms with Gasteiger partial charge in [0.2, 0.25) is 0 Å². The topological polar surface area (TPSA) is 84.7 Å². The predicted molar refractivity (Wildman–Crippen MR) is 80.7 cm³/mol. The lowest BCUT2D eigenvalue weighted by atomic mass is 9.92. The van der Waals surface area contributed by atoms with Crippen molar-refractivity contribution < 1.29 is 27.6 Å². The summed E-state index contributed by atoms with van der Waals surface area (Å²) in [5, 5.41) is 6.40. The van der Waals surface area contributed by atoms with Crippen LogP contribution in [0.25, 0.3) is 0 Å². The fourth-order valence-electron chi connectivity index (χ4n) is 2.66. The average molecular weight is 351 g/mol. The molecule has 9 heteroatoms. The van der Waals surface area contributed by atoms with Gasteiger partial charge in [0.25, 0.3) is 5.91 Å². The minimum absolute atomic E-state index is 0.0236. The van der Waals surface area contributed by atoms with Crippen LogP contribution in [0.4, 0.5) is 13.6 Å². The fourth-order valence-corrected chi connectivity index (χ4v) is 2.66. The number of imide groups is 1. The first-order chi connectivity index (χ1) is 11.8. The molecule has 1 saturated heterocycles. The second-order valence-corrected chi connectivity index (χ2v) is 5.78. The molecule has 0 bridgehead atoms. The molecule has 3 rings (SSSR count). The maximum atomic E-state index is 12.7. The van der Waals surface area contributed by atoms with Crippen molar-refractivity contribution in [3.63, 3.8) is 0 Å². The molecule has 0 unspecified atom stereocenters. The first-order valence-electron chi connectivity index (χ1n) is 7.41. The normalized spacial score (nSPS) is 20.3. The van der Waals surface area contributed by atoms with Crippen molar-refractivity contribution >= 4 is 11.9 Å². The molecule has 132 valence electrons. The van der Waals surface area contributed by atoms with E-state index in [2.05, 4.69) is 15.2 Å². The van der Waals surface area contributed by atoms with Crippen LogP contribution < -0.4 is 10.1 Å². The van der Waals surface area contributed by atoms with Gasteiger partial charge in [-0.05, 0) is 31.5 Å². The number of urea groups is 1. The van der Waals surface area contributed by atoms with Gasteiger partial charge in [-0.2, -0.15) is 8.78 Å². The van der Waals surface area contributed by atoms with Crippen molar-refractivity contribution in [1.82, 2.24) is 15.4 Å². The highest BCUT2D eigenvalue weighted by atomic mass is 19.3. The number of aryl methyl sites for hydroxylation is 1. The fraction of sp³-hybridized carbons (Fsp3) is 0.312. The van der Waals surface area contributed by atoms with E-state index in [9.17, 15) is 18.4 Å². The number of amides is 3. The quantitative estimate of drug-likeness (QED) is 0.837. The van der Waals surface area contributed by atoms with Gasteiger partial charge in [0.1, 0.15) is 22.7 Å². The van der Waals surface area contributed by atoms with E-state index in [0.29, 0.717) is 17.0 Å². The van der Waals surface area contributed by atoms with Crippen LogP contribution in [-0.2, 0) is 16.9 Å². The summed E-state index contributed by atoms with van der Waals surface area (Å²) in [4.78, 5) is 26.0. The van der Waals surface area contributed by atoms with Gasteiger partial charge in [0.05, 0.1) is 6.54 Å². The second-order valence-electron chi connectivity index (χ2n) is 5.78. The lowest BCUT2D eigenvalue weighted by Crippen LogP contribution is -2.40. The first kappa shape index (κ1) is 16.9. The standard InChI is InChI=1S/C16H15F2N3O4/c1-9-7-11(20-25-9)8-21-13(22)16(2,19-15(21)23)10-3-5-12(6-4-10)24-14(17)18/h3-7,14H,8H2,1-2H3,(H,19,23)/t16-/m0/s1. The van der Waals surface area contributed by atoms with Crippen LogP contribution in [0, 0.1) is 6.92 Å². The number of nitrogens with one attached hydrogen (secondary N) is 1. The highest BCUT2D eigenvalue weighted by Crippen LogP contribution is 2.31. The zero-order valence-corrected chi connectivity index (χ0v) is 13.5. The summed E-state index contributed by atoms with van der Waals surface area (Å²) in [7, 11) is 0. The Kier molecular flexibility index (Phi) is 4.15. The molecule has 1 atom stereocenters. The van der Waals surface area contributed by atoms with Crippen molar-refractivity contribution in [2.24, 2.45) is 0 Å². The molecule has 2 heterocycles. The summed E-state index contributed by atoms with van der Waals surface area (Å²) in [5.41, 5.74) is -0.406. The number of halogens is 2. The maximum Gasteiger partial charge on any atom is 0.387 e. The lowest BCUT2D eigenvalue weighted by molar-refractivity contribution is -0.131. The Morgan fingerprint density at radius 2 is 2.00 bits per heavy atom. The third kappa shape index (κ3) is 3.17. The molecule has 2 aromatic rings. The van der Waals surface area contributed by atoms with Gasteiger partial charge in [-0.1, -0.05) is 17.3 Å². The van der Waals surface area contributed by atoms with Gasteiger partial charge in [-0.25, -0.2) is 4.79 Å². The van der Waals surface area contributed by atoms with Crippen LogP contribution >= 0.6 is 0 Å². The van der Waals surface area contributed by atoms with E-state index >= 15 is 0 Å². The number of ether oxygens (including phenoxy) is 1. The molecule has 1 fully saturated rings. The van der Waals surface area contributed by atoms with Gasteiger partial charge >= 0.3 is 12.6 Å². The number of hydrogen-bond donors (Lipinski definition) is 1. The van der Waals surface area contributed by atoms with Gasteiger partial charge in [-0.15, -0.1) is 0 Å². The minimum Gasteiger partial charge on any atom is -0.435 e. The number of carbonyl (C=O) groups is 2. The van der Waals surface area contributed by atoms with E-state index < -0.39 is 24.1 Å². The van der Waals surface area contributed by atoms with E-state index in [-0.39, 0.29) is 12.3 Å². The average Bonchev–Trinajstić information content (AvgIpc) is 3.05. The number of alkyl halides is 2. The van der Waals surface area contributed by atoms with Crippen molar-refractivity contribution in [2.45, 2.75) is 32.5 Å². The maximum absolute atomic E-state index is 12.7. The number of hydrogen-bond acceptors (Lipinski definition) is 5. The summed E-state index contributed by atoms with van der Waals surface area (Å²) < 4.78 is 33.6. The van der Waals surface area contributed by atoms with Crippen molar-refractivity contribution in [3.05, 3.63) is 47.3 Å². The third-order valence-corrected chi connectivity index (χ3v) is 3.93. The molecule has 1 aromatic carbocycles. The Morgan fingerprint density at radius 1 is 1.32 bits per heavy atom. The summed E-state index contributed by atoms with van der Waals surface area (Å²) >= 11 is 0. The molecular weight excluding hydrogens is 336 g/mol. The molecule has 1 N–H and O–H groups in total. The molecule has 3 amide bonds. The number of rotatable bonds is 5. The molecule has 1 aliphatic heterocycles. The van der Waals surface area contributed by atoms with Gasteiger partial charge < -0.3 is 14.6 Å². The SMILES string of the molecule is Cc1cc(CN2C(=O)N[C@@](C)(c3ccc(OC(F)F)cc3)C2=O)no1. The van der Waals surface area contributed by atoms with Gasteiger partial charge in [-0.3, -0.25) is 9.69 Å². The molecule has 0 saturated carbocycles. The predicted octanol–water partition coefficient (Wildman–Crippen LogP) is 2.55. The zero-order valence-electron chi connectivity index (χ0n) is 13.5. The monoisotopic (exact) mass is 351 g/mol. The van der Waals surface area contributed by atoms with E-state index in [0.717, 1.165) is 4.90 Å². The van der Waals surface area contributed by atoms with E-state index in [1.54, 1.807) is 19.9 Å². The van der Waals surface area contributed by atoms with Crippen molar-refractivity contribution in [2.75, 3.05) is 0 Å². The Morgan fingerprint density at radius 3 is 2.56 bits per heavy atom. The lowest BCUT2D eigenvalue weighted by Gasteiger charge is -2.22. The molecular formula is C16H15F2N3O4. The van der Waals surface area contributed by atoms with E-state index in [4.69, 9.17) is 4.52 Å². The third-order valence-electron chi connectivity index (χ3n) is 3.93. The van der Waals surface area contributed by atoms with Crippen LogP contribution in [0.5, 0.6) is 5.75 Å². The Balaban J connectivity index is 1.81. The highest BCUT2D eigenvalue weighted by Gasteiger charge is 2.49. The molecule has 0 radical (unpaired) electrons. The largest absolute Gasteiger partial charge is 0.435 e. The zero-order chi connectivity index (χ0) is 18.2. The molecule has 0 aliphatic carbocycles. The van der Waals surface area contributed by atoms with Crippen LogP contribution in [0.15, 0.2) is 34.9 Å². The van der Waals surface area contributed by atoms with E-state index in [1.807, 2.05) is 0 Å². The molecule has 7 nitrogen and oxygen atoms in total. The molecule has 1 aliphatic rings. The number of carbonyl (C=O) groups excluding carboxylic acids is 2. The summed E-state index contributed by atoms with van der Waals surface area (Å²) in [5.74, 6) is 0.0640. The minimum atomic E-state index is -2.93. The Hall–Kier alpha value is -2.97. The van der Waals surface area contributed by atoms with Gasteiger partial charge in [0.15, 0.2) is 0 Å². The highest BCUT2D eigenvalue weighted by molar-refractivity contribution is 6.07. The smallest absolute Gasteiger partial charge is 0.387 e. The van der Waals surface area contributed by atoms with Crippen LogP contribution in [-0.4, -0.2) is 28.6 Å². The van der Waals surface area contributed by atoms with Crippen LogP contribution in [0.2, 0.25) is 0 Å². The Bertz CT molecular complexity index is 806. The Labute approximate surface area is 141 Å². The van der Waals surface area contributed by atoms with E-state index in [1.165, 1.54) is 24.3 Å². The van der Waals surface area contributed by atoms with Crippen LogP contribution in [0.3, 0.4) is 0 Å². The molecule has 25 heavy (non-hydrogen) atoms. The van der Waals surface area contributed by atoms with Crippen molar-refractivity contribution in [1.29, 1.82) is 0 Å². The number of nitrogens with zero attached hydrogens (tertiary/aromatic N) is 2. The second kappa shape index (κ2) is 6.15. The number of aromatic nitrogens is 1. The molecule has 0 spiro atoms.